The van der Waals surface area contributed by atoms with Gasteiger partial charge in [-0.1, -0.05) is 67.9 Å². The van der Waals surface area contributed by atoms with Crippen LogP contribution in [0, 0.1) is 5.82 Å². The fourth-order valence-corrected chi connectivity index (χ4v) is 3.97. The number of aliphatic hydroxyl groups excluding tert-OH is 1. The van der Waals surface area contributed by atoms with Gasteiger partial charge in [-0.2, -0.15) is 0 Å². The number of benzene rings is 3. The van der Waals surface area contributed by atoms with E-state index in [4.69, 9.17) is 0 Å². The third-order valence-electron chi connectivity index (χ3n) is 5.88. The summed E-state index contributed by atoms with van der Waals surface area (Å²) in [5.74, 6) is -1.35. The average molecular weight is 464 g/mol. The predicted octanol–water partition coefficient (Wildman–Crippen LogP) is 5.31. The number of nitrogens with zero attached hydrogens (tertiary/aromatic N) is 1. The van der Waals surface area contributed by atoms with E-state index >= 15 is 0 Å². The Balaban J connectivity index is 1.83. The molecule has 3 aromatic rings. The van der Waals surface area contributed by atoms with Crippen molar-refractivity contribution >= 4 is 11.9 Å². The molecular weight excluding hydrogens is 433 g/mol. The maximum absolute atomic E-state index is 13.3. The van der Waals surface area contributed by atoms with Crippen molar-refractivity contribution in [1.29, 1.82) is 0 Å². The molecule has 0 heterocycles. The molecule has 0 saturated carbocycles. The van der Waals surface area contributed by atoms with Gasteiger partial charge in [-0.15, -0.1) is 0 Å². The van der Waals surface area contributed by atoms with Gasteiger partial charge in [0.1, 0.15) is 5.82 Å². The zero-order valence-corrected chi connectivity index (χ0v) is 19.3. The van der Waals surface area contributed by atoms with Crippen LogP contribution in [0.1, 0.15) is 47.7 Å². The molecule has 0 aliphatic carbocycles. The molecule has 2 N–H and O–H groups in total. The van der Waals surface area contributed by atoms with Gasteiger partial charge in [0.25, 0.3) is 0 Å². The highest BCUT2D eigenvalue weighted by molar-refractivity contribution is 5.96. The van der Waals surface area contributed by atoms with E-state index in [1.54, 1.807) is 41.3 Å². The fourth-order valence-electron chi connectivity index (χ4n) is 3.97. The van der Waals surface area contributed by atoms with E-state index in [-0.39, 0.29) is 23.9 Å². The SMILES string of the molecule is CCCCC(=O)N(Cc1ccc(-c2ccccc2C(=O)O)cc1)C(CO)Cc1ccc(F)cc1. The van der Waals surface area contributed by atoms with E-state index in [9.17, 15) is 24.2 Å². The number of carboxylic acid groups (broad SMARTS) is 1. The number of aliphatic hydroxyl groups is 1. The lowest BCUT2D eigenvalue weighted by Gasteiger charge is -2.31. The van der Waals surface area contributed by atoms with Crippen LogP contribution in [0.2, 0.25) is 0 Å². The van der Waals surface area contributed by atoms with Gasteiger partial charge in [-0.25, -0.2) is 9.18 Å². The number of hydrogen-bond acceptors (Lipinski definition) is 3. The lowest BCUT2D eigenvalue weighted by molar-refractivity contribution is -0.135. The van der Waals surface area contributed by atoms with Crippen molar-refractivity contribution in [2.45, 2.75) is 45.2 Å². The summed E-state index contributed by atoms with van der Waals surface area (Å²) in [7, 11) is 0. The van der Waals surface area contributed by atoms with Crippen LogP contribution >= 0.6 is 0 Å². The summed E-state index contributed by atoms with van der Waals surface area (Å²) in [6.07, 6.45) is 2.45. The van der Waals surface area contributed by atoms with Gasteiger partial charge >= 0.3 is 5.97 Å². The Bertz CT molecular complexity index is 1100. The molecule has 0 fully saturated rings. The average Bonchev–Trinajstić information content (AvgIpc) is 2.86. The summed E-state index contributed by atoms with van der Waals surface area (Å²) in [5.41, 5.74) is 3.34. The highest BCUT2D eigenvalue weighted by atomic mass is 19.1. The Morgan fingerprint density at radius 1 is 0.941 bits per heavy atom. The molecule has 3 aromatic carbocycles. The number of hydrogen-bond donors (Lipinski definition) is 2. The molecule has 3 rings (SSSR count). The first-order valence-corrected chi connectivity index (χ1v) is 11.5. The molecule has 34 heavy (non-hydrogen) atoms. The summed E-state index contributed by atoms with van der Waals surface area (Å²) in [4.78, 5) is 26.3. The topological polar surface area (TPSA) is 77.8 Å². The molecule has 178 valence electrons. The summed E-state index contributed by atoms with van der Waals surface area (Å²) >= 11 is 0. The quantitative estimate of drug-likeness (QED) is 0.404. The fraction of sp³-hybridized carbons (Fsp3) is 0.286. The van der Waals surface area contributed by atoms with Crippen LogP contribution in [0.15, 0.2) is 72.8 Å². The first kappa shape index (κ1) is 25.1. The second-order valence-electron chi connectivity index (χ2n) is 8.34. The molecule has 6 heteroatoms. The minimum absolute atomic E-state index is 0.0386. The number of rotatable bonds is 11. The van der Waals surface area contributed by atoms with Gasteiger partial charge in [0.15, 0.2) is 0 Å². The monoisotopic (exact) mass is 463 g/mol. The van der Waals surface area contributed by atoms with Gasteiger partial charge in [0.2, 0.25) is 5.91 Å². The second kappa shape index (κ2) is 12.1. The Hall–Kier alpha value is -3.51. The third-order valence-corrected chi connectivity index (χ3v) is 5.88. The minimum atomic E-state index is -0.987. The van der Waals surface area contributed by atoms with Gasteiger partial charge in [0, 0.05) is 13.0 Å². The molecule has 0 aliphatic heterocycles. The largest absolute Gasteiger partial charge is 0.478 e. The molecule has 0 aromatic heterocycles. The van der Waals surface area contributed by atoms with Gasteiger partial charge in [-0.3, -0.25) is 4.79 Å². The maximum Gasteiger partial charge on any atom is 0.336 e. The van der Waals surface area contributed by atoms with E-state index in [1.165, 1.54) is 12.1 Å². The van der Waals surface area contributed by atoms with Gasteiger partial charge in [0.05, 0.1) is 18.2 Å². The molecule has 1 atom stereocenters. The standard InChI is InChI=1S/C28H30FNO4/c1-2-3-8-27(32)30(24(19-31)17-20-11-15-23(29)16-12-20)18-21-9-13-22(14-10-21)25-6-4-5-7-26(25)28(33)34/h4-7,9-16,24,31H,2-3,8,17-19H2,1H3,(H,33,34). The number of carboxylic acids is 1. The van der Waals surface area contributed by atoms with Crippen molar-refractivity contribution in [2.75, 3.05) is 6.61 Å². The van der Waals surface area contributed by atoms with Crippen molar-refractivity contribution in [3.05, 3.63) is 95.3 Å². The summed E-state index contributed by atoms with van der Waals surface area (Å²) in [5, 5.41) is 19.6. The number of unbranched alkanes of at least 4 members (excludes halogenated alkanes) is 1. The highest BCUT2D eigenvalue weighted by Crippen LogP contribution is 2.25. The smallest absolute Gasteiger partial charge is 0.336 e. The Kier molecular flexibility index (Phi) is 8.93. The molecule has 0 bridgehead atoms. The normalized spacial score (nSPS) is 11.7. The van der Waals surface area contributed by atoms with E-state index in [1.807, 2.05) is 31.2 Å². The molecule has 0 radical (unpaired) electrons. The Morgan fingerprint density at radius 2 is 1.59 bits per heavy atom. The molecular formula is C28H30FNO4. The molecule has 0 aliphatic rings. The lowest BCUT2D eigenvalue weighted by atomic mass is 9.98. The maximum atomic E-state index is 13.3. The van der Waals surface area contributed by atoms with Crippen LogP contribution in [0.5, 0.6) is 0 Å². The van der Waals surface area contributed by atoms with Gasteiger partial charge < -0.3 is 15.1 Å². The van der Waals surface area contributed by atoms with E-state index in [0.717, 1.165) is 29.5 Å². The summed E-state index contributed by atoms with van der Waals surface area (Å²) in [6.45, 7) is 2.13. The van der Waals surface area contributed by atoms with E-state index < -0.39 is 12.0 Å². The number of halogens is 1. The van der Waals surface area contributed by atoms with Crippen molar-refractivity contribution in [1.82, 2.24) is 4.90 Å². The van der Waals surface area contributed by atoms with Crippen LogP contribution < -0.4 is 0 Å². The lowest BCUT2D eigenvalue weighted by Crippen LogP contribution is -2.43. The summed E-state index contributed by atoms with van der Waals surface area (Å²) in [6, 6.07) is 19.9. The highest BCUT2D eigenvalue weighted by Gasteiger charge is 2.23. The minimum Gasteiger partial charge on any atom is -0.478 e. The Labute approximate surface area is 199 Å². The molecule has 0 spiro atoms. The number of carbonyl (C=O) groups is 2. The van der Waals surface area contributed by atoms with Crippen LogP contribution in [0.25, 0.3) is 11.1 Å². The number of aromatic carboxylic acids is 1. The van der Waals surface area contributed by atoms with E-state index in [2.05, 4.69) is 0 Å². The van der Waals surface area contributed by atoms with Crippen molar-refractivity contribution < 1.29 is 24.2 Å². The van der Waals surface area contributed by atoms with Crippen LogP contribution in [-0.4, -0.2) is 39.6 Å². The number of carbonyl (C=O) groups excluding carboxylic acids is 1. The number of amides is 1. The first-order chi connectivity index (χ1) is 16.4. The van der Waals surface area contributed by atoms with Crippen molar-refractivity contribution in [2.24, 2.45) is 0 Å². The van der Waals surface area contributed by atoms with Crippen LogP contribution in [0.4, 0.5) is 4.39 Å². The predicted molar refractivity (Wildman–Crippen MR) is 130 cm³/mol. The zero-order chi connectivity index (χ0) is 24.5. The molecule has 0 saturated heterocycles. The van der Waals surface area contributed by atoms with Crippen molar-refractivity contribution in [3.8, 4) is 11.1 Å². The third kappa shape index (κ3) is 6.51. The van der Waals surface area contributed by atoms with Crippen LogP contribution in [-0.2, 0) is 17.8 Å². The van der Waals surface area contributed by atoms with Crippen molar-refractivity contribution in [3.63, 3.8) is 0 Å². The summed E-state index contributed by atoms with van der Waals surface area (Å²) < 4.78 is 13.3. The molecule has 1 unspecified atom stereocenters. The molecule has 1 amide bonds. The molecule has 5 nitrogen and oxygen atoms in total. The Morgan fingerprint density at radius 3 is 2.21 bits per heavy atom. The second-order valence-corrected chi connectivity index (χ2v) is 8.34. The first-order valence-electron chi connectivity index (χ1n) is 11.5. The van der Waals surface area contributed by atoms with Gasteiger partial charge in [-0.05, 0) is 53.3 Å². The zero-order valence-electron chi connectivity index (χ0n) is 19.3. The van der Waals surface area contributed by atoms with E-state index in [0.29, 0.717) is 24.9 Å². The van der Waals surface area contributed by atoms with Crippen LogP contribution in [0.3, 0.4) is 0 Å².